The zero-order valence-corrected chi connectivity index (χ0v) is 14.0. The van der Waals surface area contributed by atoms with Crippen molar-refractivity contribution in [3.63, 3.8) is 0 Å². The van der Waals surface area contributed by atoms with Gasteiger partial charge in [0, 0.05) is 18.6 Å². The van der Waals surface area contributed by atoms with E-state index in [0.717, 1.165) is 12.8 Å². The molecule has 0 bridgehead atoms. The van der Waals surface area contributed by atoms with Gasteiger partial charge >= 0.3 is 0 Å². The molecule has 0 atom stereocenters. The Morgan fingerprint density at radius 3 is 2.29 bits per heavy atom. The molecule has 1 fully saturated rings. The fraction of sp³-hybridized carbons (Fsp3) is 0.533. The van der Waals surface area contributed by atoms with Crippen molar-refractivity contribution in [1.82, 2.24) is 4.90 Å². The lowest BCUT2D eigenvalue weighted by molar-refractivity contribution is -0.132. The van der Waals surface area contributed by atoms with Gasteiger partial charge in [-0.3, -0.25) is 4.79 Å². The van der Waals surface area contributed by atoms with E-state index < -0.39 is 14.6 Å². The predicted molar refractivity (Wildman–Crippen MR) is 83.1 cm³/mol. The summed E-state index contributed by atoms with van der Waals surface area (Å²) in [4.78, 5) is 14.2. The van der Waals surface area contributed by atoms with Crippen LogP contribution in [0.15, 0.2) is 29.2 Å². The molecule has 1 saturated carbocycles. The van der Waals surface area contributed by atoms with Crippen LogP contribution in [0.2, 0.25) is 5.02 Å². The lowest BCUT2D eigenvalue weighted by Gasteiger charge is -2.29. The molecule has 21 heavy (non-hydrogen) atoms. The second-order valence-corrected chi connectivity index (χ2v) is 9.03. The van der Waals surface area contributed by atoms with Crippen molar-refractivity contribution in [3.05, 3.63) is 29.3 Å². The Bertz CT molecular complexity index is 633. The van der Waals surface area contributed by atoms with Crippen LogP contribution in [0, 0.1) is 5.92 Å². The number of carbonyl (C=O) groups is 1. The first-order chi connectivity index (χ1) is 9.66. The van der Waals surface area contributed by atoms with Crippen molar-refractivity contribution < 1.29 is 13.2 Å². The third-order valence-electron chi connectivity index (χ3n) is 3.89. The molecule has 4 nitrogen and oxygen atoms in total. The number of benzene rings is 1. The van der Waals surface area contributed by atoms with E-state index in [-0.39, 0.29) is 10.8 Å². The van der Waals surface area contributed by atoms with Crippen LogP contribution >= 0.6 is 11.6 Å². The van der Waals surface area contributed by atoms with Crippen molar-refractivity contribution in [3.8, 4) is 0 Å². The van der Waals surface area contributed by atoms with Gasteiger partial charge in [0.15, 0.2) is 9.84 Å². The Morgan fingerprint density at radius 2 is 1.81 bits per heavy atom. The Kier molecular flexibility index (Phi) is 4.36. The molecule has 1 aliphatic carbocycles. The van der Waals surface area contributed by atoms with Gasteiger partial charge in [-0.1, -0.05) is 11.6 Å². The Labute approximate surface area is 131 Å². The first-order valence-electron chi connectivity index (χ1n) is 6.92. The number of amides is 1. The van der Waals surface area contributed by atoms with Crippen LogP contribution in [0.1, 0.15) is 26.7 Å². The maximum atomic E-state index is 12.7. The number of nitrogens with zero attached hydrogens (tertiary/aromatic N) is 1. The molecule has 1 aromatic rings. The summed E-state index contributed by atoms with van der Waals surface area (Å²) in [6.07, 6.45) is 2.23. The molecule has 1 amide bonds. The highest BCUT2D eigenvalue weighted by Crippen LogP contribution is 2.32. The molecule has 0 aromatic heterocycles. The monoisotopic (exact) mass is 329 g/mol. The molecule has 0 heterocycles. The van der Waals surface area contributed by atoms with E-state index >= 15 is 0 Å². The molecule has 0 radical (unpaired) electrons. The van der Waals surface area contributed by atoms with Crippen molar-refractivity contribution >= 4 is 27.3 Å². The minimum Gasteiger partial charge on any atom is -0.344 e. The molecule has 0 spiro atoms. The summed E-state index contributed by atoms with van der Waals surface area (Å²) in [6.45, 7) is 3.55. The van der Waals surface area contributed by atoms with E-state index in [9.17, 15) is 13.2 Å². The molecular weight excluding hydrogens is 310 g/mol. The average molecular weight is 330 g/mol. The highest BCUT2D eigenvalue weighted by atomic mass is 35.5. The van der Waals surface area contributed by atoms with E-state index in [1.54, 1.807) is 7.05 Å². The first-order valence-corrected chi connectivity index (χ1v) is 8.78. The van der Waals surface area contributed by atoms with E-state index in [1.807, 2.05) is 0 Å². The van der Waals surface area contributed by atoms with Crippen molar-refractivity contribution in [1.29, 1.82) is 0 Å². The minimum atomic E-state index is -3.76. The van der Waals surface area contributed by atoms with Gasteiger partial charge in [-0.05, 0) is 56.9 Å². The summed E-state index contributed by atoms with van der Waals surface area (Å²) in [5, 5.41) is 0.462. The van der Waals surface area contributed by atoms with Crippen molar-refractivity contribution in [2.24, 2.45) is 5.92 Å². The number of halogens is 1. The highest BCUT2D eigenvalue weighted by Gasteiger charge is 2.45. The largest absolute Gasteiger partial charge is 0.344 e. The van der Waals surface area contributed by atoms with Crippen LogP contribution < -0.4 is 0 Å². The van der Waals surface area contributed by atoms with Gasteiger partial charge in [0.05, 0.1) is 4.90 Å². The van der Waals surface area contributed by atoms with Gasteiger partial charge < -0.3 is 4.90 Å². The molecule has 1 aromatic carbocycles. The Balaban J connectivity index is 2.27. The maximum Gasteiger partial charge on any atom is 0.243 e. The van der Waals surface area contributed by atoms with E-state index in [2.05, 4.69) is 0 Å². The number of rotatable bonds is 5. The predicted octanol–water partition coefficient (Wildman–Crippen LogP) is 2.76. The zero-order valence-electron chi connectivity index (χ0n) is 12.5. The van der Waals surface area contributed by atoms with Gasteiger partial charge in [0.2, 0.25) is 5.91 Å². The third kappa shape index (κ3) is 3.24. The fourth-order valence-corrected chi connectivity index (χ4v) is 3.85. The van der Waals surface area contributed by atoms with Gasteiger partial charge in [-0.15, -0.1) is 0 Å². The third-order valence-corrected chi connectivity index (χ3v) is 6.55. The average Bonchev–Trinajstić information content (AvgIpc) is 3.22. The molecule has 2 rings (SSSR count). The summed E-state index contributed by atoms with van der Waals surface area (Å²) in [5.74, 6) is 0.150. The van der Waals surface area contributed by atoms with Gasteiger partial charge in [-0.2, -0.15) is 0 Å². The van der Waals surface area contributed by atoms with Crippen LogP contribution in [0.5, 0.6) is 0 Å². The van der Waals surface area contributed by atoms with Gasteiger partial charge in [0.25, 0.3) is 0 Å². The SMILES string of the molecule is CN(CC1CC1)C(=O)C(C)(C)S(=O)(=O)c1ccc(Cl)cc1. The number of hydrogen-bond donors (Lipinski definition) is 0. The summed E-state index contributed by atoms with van der Waals surface area (Å²) in [5.41, 5.74) is 0. The molecule has 6 heteroatoms. The van der Waals surface area contributed by atoms with Crippen LogP contribution in [0.4, 0.5) is 0 Å². The van der Waals surface area contributed by atoms with E-state index in [1.165, 1.54) is 43.0 Å². The summed E-state index contributed by atoms with van der Waals surface area (Å²) < 4.78 is 23.9. The minimum absolute atomic E-state index is 0.116. The maximum absolute atomic E-state index is 12.7. The van der Waals surface area contributed by atoms with Crippen LogP contribution in [0.3, 0.4) is 0 Å². The summed E-state index contributed by atoms with van der Waals surface area (Å²) in [7, 11) is -2.10. The molecule has 0 unspecified atom stereocenters. The quantitative estimate of drug-likeness (QED) is 0.834. The number of hydrogen-bond acceptors (Lipinski definition) is 3. The Morgan fingerprint density at radius 1 is 1.29 bits per heavy atom. The van der Waals surface area contributed by atoms with E-state index in [0.29, 0.717) is 17.5 Å². The molecule has 0 N–H and O–H groups in total. The molecule has 116 valence electrons. The topological polar surface area (TPSA) is 54.5 Å². The zero-order chi connectivity index (χ0) is 15.8. The second kappa shape index (κ2) is 5.61. The van der Waals surface area contributed by atoms with E-state index in [4.69, 9.17) is 11.6 Å². The van der Waals surface area contributed by atoms with Crippen LogP contribution in [0.25, 0.3) is 0 Å². The highest BCUT2D eigenvalue weighted by molar-refractivity contribution is 7.93. The lowest BCUT2D eigenvalue weighted by atomic mass is 10.1. The fourth-order valence-electron chi connectivity index (χ4n) is 2.25. The van der Waals surface area contributed by atoms with Crippen LogP contribution in [-0.4, -0.2) is 37.6 Å². The van der Waals surface area contributed by atoms with Gasteiger partial charge in [0.1, 0.15) is 4.75 Å². The molecule has 0 saturated heterocycles. The Hall–Kier alpha value is -1.07. The molecule has 0 aliphatic heterocycles. The smallest absolute Gasteiger partial charge is 0.243 e. The molecular formula is C15H20ClNO3S. The molecule has 1 aliphatic rings. The number of sulfone groups is 1. The van der Waals surface area contributed by atoms with Crippen molar-refractivity contribution in [2.75, 3.05) is 13.6 Å². The lowest BCUT2D eigenvalue weighted by Crippen LogP contribution is -2.49. The second-order valence-electron chi connectivity index (χ2n) is 6.10. The van der Waals surface area contributed by atoms with Crippen molar-refractivity contribution in [2.45, 2.75) is 36.3 Å². The first kappa shape index (κ1) is 16.3. The normalized spacial score (nSPS) is 15.8. The summed E-state index contributed by atoms with van der Waals surface area (Å²) in [6, 6.07) is 5.91. The summed E-state index contributed by atoms with van der Waals surface area (Å²) >= 11 is 5.78. The van der Waals surface area contributed by atoms with Gasteiger partial charge in [-0.25, -0.2) is 8.42 Å². The van der Waals surface area contributed by atoms with Crippen LogP contribution in [-0.2, 0) is 14.6 Å². The number of carbonyl (C=O) groups excluding carboxylic acids is 1. The standard InChI is InChI=1S/C15H20ClNO3S/c1-15(2,14(18)17(3)10-11-4-5-11)21(19,20)13-8-6-12(16)7-9-13/h6-9,11H,4-5,10H2,1-3H3.